The maximum atomic E-state index is 12.8. The van der Waals surface area contributed by atoms with Gasteiger partial charge in [0.1, 0.15) is 6.61 Å². The fourth-order valence-corrected chi connectivity index (χ4v) is 6.51. The molecule has 6 rings (SSSR count). The van der Waals surface area contributed by atoms with E-state index in [2.05, 4.69) is 31.2 Å². The summed E-state index contributed by atoms with van der Waals surface area (Å²) in [6.07, 6.45) is 8.97. The van der Waals surface area contributed by atoms with E-state index >= 15 is 0 Å². The number of anilines is 1. The molecule has 9 nitrogen and oxygen atoms in total. The largest absolute Gasteiger partial charge is 0.390 e. The predicted molar refractivity (Wildman–Crippen MR) is 141 cm³/mol. The minimum absolute atomic E-state index is 0.0470. The molecule has 2 aliphatic carbocycles. The Bertz CT molecular complexity index is 1250. The number of aliphatic hydroxyl groups excluding tert-OH is 1. The Balaban J connectivity index is 1.04. The topological polar surface area (TPSA) is 110 Å². The Labute approximate surface area is 220 Å². The molecule has 3 atom stereocenters. The number of nitrogens with one attached hydrogen (secondary N) is 1. The first-order valence-electron chi connectivity index (χ1n) is 13.1. The first-order valence-corrected chi connectivity index (χ1v) is 14.0. The molecule has 3 fully saturated rings. The number of rotatable bonds is 8. The van der Waals surface area contributed by atoms with Crippen LogP contribution in [0.5, 0.6) is 0 Å². The summed E-state index contributed by atoms with van der Waals surface area (Å²) in [5.74, 6) is 0.716. The van der Waals surface area contributed by atoms with Crippen LogP contribution in [0.2, 0.25) is 0 Å². The fraction of sp³-hybridized carbons (Fsp3) is 0.556. The lowest BCUT2D eigenvalue weighted by molar-refractivity contribution is -0.124. The predicted octanol–water partition coefficient (Wildman–Crippen LogP) is 3.62. The number of fused-ring (bicyclic) bond motifs is 1. The molecule has 0 radical (unpaired) electrons. The second-order valence-electron chi connectivity index (χ2n) is 10.4. The van der Waals surface area contributed by atoms with Gasteiger partial charge in [-0.25, -0.2) is 15.0 Å². The first kappa shape index (κ1) is 24.8. The van der Waals surface area contributed by atoms with E-state index in [-0.39, 0.29) is 24.0 Å². The van der Waals surface area contributed by atoms with E-state index in [0.29, 0.717) is 29.7 Å². The molecule has 1 aromatic carbocycles. The number of aliphatic hydroxyl groups is 1. The van der Waals surface area contributed by atoms with Crippen molar-refractivity contribution in [3.05, 3.63) is 36.4 Å². The lowest BCUT2D eigenvalue weighted by atomic mass is 9.79. The van der Waals surface area contributed by atoms with Crippen molar-refractivity contribution in [2.45, 2.75) is 69.5 Å². The molecule has 0 bridgehead atoms. The minimum Gasteiger partial charge on any atom is -0.390 e. The van der Waals surface area contributed by atoms with Gasteiger partial charge in [-0.2, -0.15) is 0 Å². The number of carbonyl (C=O) groups is 1. The van der Waals surface area contributed by atoms with Crippen molar-refractivity contribution in [3.63, 3.8) is 0 Å². The lowest BCUT2D eigenvalue weighted by Crippen LogP contribution is -2.47. The van der Waals surface area contributed by atoms with Crippen LogP contribution in [0.15, 0.2) is 30.6 Å². The standard InChI is InChI=1S/C27H33N5O4S/c1-35-20-7-8-32(14-20)19-9-17(10-19)26(34)31-27-30-21-6-5-16(11-24(21)37-27)18-12-28-25(29-13-18)15-36-23-4-2-3-22(23)33/h5-6,11-13,17,19-20,22-23,33H,2-4,7-10,14-15H2,1H3,(H,30,31,34)/t17?,19?,20-,22-,23-/m0/s1. The van der Waals surface area contributed by atoms with Crippen LogP contribution in [-0.2, 0) is 20.9 Å². The van der Waals surface area contributed by atoms with Gasteiger partial charge >= 0.3 is 0 Å². The van der Waals surface area contributed by atoms with Crippen molar-refractivity contribution >= 4 is 32.6 Å². The van der Waals surface area contributed by atoms with Gasteiger partial charge in [-0.05, 0) is 56.2 Å². The SMILES string of the molecule is CO[C@H]1CCN(C2CC(C(=O)Nc3nc4ccc(-c5cnc(CO[C@H]6CCC[C@@H]6O)nc5)cc4s3)C2)C1. The van der Waals surface area contributed by atoms with Crippen LogP contribution < -0.4 is 5.32 Å². The molecular formula is C27H33N5O4S. The molecule has 196 valence electrons. The molecule has 1 aliphatic heterocycles. The Hall–Kier alpha value is -2.50. The number of ether oxygens (including phenoxy) is 2. The highest BCUT2D eigenvalue weighted by atomic mass is 32.1. The normalized spacial score (nSPS) is 28.0. The molecule has 2 N–H and O–H groups in total. The van der Waals surface area contributed by atoms with Gasteiger partial charge in [-0.1, -0.05) is 17.4 Å². The molecule has 1 amide bonds. The van der Waals surface area contributed by atoms with Gasteiger partial charge in [-0.15, -0.1) is 0 Å². The van der Waals surface area contributed by atoms with Crippen LogP contribution in [0.4, 0.5) is 5.13 Å². The maximum absolute atomic E-state index is 12.8. The van der Waals surface area contributed by atoms with Crippen molar-refractivity contribution in [1.82, 2.24) is 19.9 Å². The van der Waals surface area contributed by atoms with Crippen LogP contribution in [0.1, 0.15) is 44.3 Å². The molecule has 2 saturated carbocycles. The molecule has 10 heteroatoms. The third kappa shape index (κ3) is 5.39. The van der Waals surface area contributed by atoms with E-state index in [9.17, 15) is 9.90 Å². The number of carbonyl (C=O) groups excluding carboxylic acids is 1. The van der Waals surface area contributed by atoms with Crippen LogP contribution in [-0.4, -0.2) is 75.4 Å². The van der Waals surface area contributed by atoms with E-state index in [0.717, 1.165) is 73.0 Å². The Morgan fingerprint density at radius 3 is 2.76 bits per heavy atom. The molecular weight excluding hydrogens is 490 g/mol. The molecule has 37 heavy (non-hydrogen) atoms. The average molecular weight is 524 g/mol. The van der Waals surface area contributed by atoms with Crippen molar-refractivity contribution in [1.29, 1.82) is 0 Å². The smallest absolute Gasteiger partial charge is 0.229 e. The van der Waals surface area contributed by atoms with Gasteiger partial charge < -0.3 is 19.9 Å². The Kier molecular flexibility index (Phi) is 7.18. The van der Waals surface area contributed by atoms with Crippen molar-refractivity contribution in [3.8, 4) is 11.1 Å². The van der Waals surface area contributed by atoms with Crippen molar-refractivity contribution in [2.24, 2.45) is 5.92 Å². The monoisotopic (exact) mass is 523 g/mol. The summed E-state index contributed by atoms with van der Waals surface area (Å²) >= 11 is 1.49. The molecule has 3 heterocycles. The average Bonchev–Trinajstić information content (AvgIpc) is 3.61. The van der Waals surface area contributed by atoms with Gasteiger partial charge in [0.15, 0.2) is 11.0 Å². The van der Waals surface area contributed by atoms with Crippen molar-refractivity contribution in [2.75, 3.05) is 25.5 Å². The van der Waals surface area contributed by atoms with Gasteiger partial charge in [0.2, 0.25) is 5.91 Å². The number of amides is 1. The molecule has 1 saturated heterocycles. The van der Waals surface area contributed by atoms with Gasteiger partial charge in [0.05, 0.1) is 28.5 Å². The zero-order chi connectivity index (χ0) is 25.4. The van der Waals surface area contributed by atoms with Gasteiger partial charge in [0, 0.05) is 50.1 Å². The zero-order valence-corrected chi connectivity index (χ0v) is 21.8. The highest BCUT2D eigenvalue weighted by Gasteiger charge is 2.40. The summed E-state index contributed by atoms with van der Waals surface area (Å²) < 4.78 is 12.3. The number of thiazole rings is 1. The summed E-state index contributed by atoms with van der Waals surface area (Å²) in [7, 11) is 1.77. The third-order valence-electron chi connectivity index (χ3n) is 8.01. The van der Waals surface area contributed by atoms with E-state index in [1.165, 1.54) is 11.3 Å². The summed E-state index contributed by atoms with van der Waals surface area (Å²) in [5.41, 5.74) is 2.76. The second-order valence-corrected chi connectivity index (χ2v) is 11.4. The zero-order valence-electron chi connectivity index (χ0n) is 21.0. The summed E-state index contributed by atoms with van der Waals surface area (Å²) in [4.78, 5) is 28.8. The van der Waals surface area contributed by atoms with Gasteiger partial charge in [-0.3, -0.25) is 9.69 Å². The molecule has 2 aromatic heterocycles. The van der Waals surface area contributed by atoms with E-state index in [1.807, 2.05) is 12.1 Å². The number of hydrogen-bond acceptors (Lipinski definition) is 9. The number of hydrogen-bond donors (Lipinski definition) is 2. The molecule has 0 unspecified atom stereocenters. The number of nitrogens with zero attached hydrogens (tertiary/aromatic N) is 4. The quantitative estimate of drug-likeness (QED) is 0.461. The van der Waals surface area contributed by atoms with Crippen LogP contribution in [0, 0.1) is 5.92 Å². The summed E-state index contributed by atoms with van der Waals surface area (Å²) in [6, 6.07) is 6.51. The van der Waals surface area contributed by atoms with Crippen LogP contribution >= 0.6 is 11.3 Å². The second kappa shape index (κ2) is 10.7. The van der Waals surface area contributed by atoms with E-state index in [1.54, 1.807) is 19.5 Å². The Morgan fingerprint density at radius 1 is 1.19 bits per heavy atom. The number of benzene rings is 1. The first-order chi connectivity index (χ1) is 18.1. The summed E-state index contributed by atoms with van der Waals surface area (Å²) in [5, 5.41) is 13.6. The van der Waals surface area contributed by atoms with Gasteiger partial charge in [0.25, 0.3) is 0 Å². The minimum atomic E-state index is -0.384. The molecule has 3 aromatic rings. The Morgan fingerprint density at radius 2 is 2.03 bits per heavy atom. The molecule has 0 spiro atoms. The van der Waals surface area contributed by atoms with E-state index < -0.39 is 0 Å². The number of likely N-dealkylation sites (tertiary alicyclic amines) is 1. The van der Waals surface area contributed by atoms with Crippen LogP contribution in [0.3, 0.4) is 0 Å². The van der Waals surface area contributed by atoms with Crippen LogP contribution in [0.25, 0.3) is 21.3 Å². The fourth-order valence-electron chi connectivity index (χ4n) is 5.60. The molecule has 3 aliphatic rings. The highest BCUT2D eigenvalue weighted by molar-refractivity contribution is 7.22. The lowest BCUT2D eigenvalue weighted by Gasteiger charge is -2.40. The third-order valence-corrected chi connectivity index (χ3v) is 8.95. The van der Waals surface area contributed by atoms with Crippen molar-refractivity contribution < 1.29 is 19.4 Å². The summed E-state index contributed by atoms with van der Waals surface area (Å²) in [6.45, 7) is 2.33. The van der Waals surface area contributed by atoms with E-state index in [4.69, 9.17) is 9.47 Å². The number of aromatic nitrogens is 3. The highest BCUT2D eigenvalue weighted by Crippen LogP contribution is 2.36. The maximum Gasteiger partial charge on any atom is 0.229 e. The number of methoxy groups -OCH3 is 1.